The second-order valence-electron chi connectivity index (χ2n) is 2.93. The summed E-state index contributed by atoms with van der Waals surface area (Å²) in [5, 5.41) is 0. The van der Waals surface area contributed by atoms with Gasteiger partial charge in [-0.05, 0) is 19.4 Å². The van der Waals surface area contributed by atoms with E-state index in [0.717, 1.165) is 5.56 Å². The lowest BCUT2D eigenvalue weighted by atomic mass is 9.96. The maximum absolute atomic E-state index is 9.49. The minimum atomic E-state index is -0.707. The molecule has 0 bridgehead atoms. The molecule has 0 N–H and O–H groups in total. The van der Waals surface area contributed by atoms with E-state index in [-0.39, 0.29) is 0 Å². The second kappa shape index (κ2) is 2.43. The predicted molar refractivity (Wildman–Crippen MR) is 41.6 cm³/mol. The lowest BCUT2D eigenvalue weighted by Crippen LogP contribution is -2.17. The Morgan fingerprint density at radius 1 is 1.10 bits per heavy atom. The Hall–Kier alpha value is -0.820. The predicted octanol–water partition coefficient (Wildman–Crippen LogP) is 1.99. The van der Waals surface area contributed by atoms with Crippen molar-refractivity contribution in [2.45, 2.75) is 19.4 Å². The zero-order valence-electron chi connectivity index (χ0n) is 6.33. The Kier molecular flexibility index (Phi) is 1.77. The fraction of sp³-hybridized carbons (Fsp3) is 0.333. The lowest BCUT2D eigenvalue weighted by molar-refractivity contribution is 0.532. The Morgan fingerprint density at radius 2 is 1.60 bits per heavy atom. The third-order valence-electron chi connectivity index (χ3n) is 1.48. The Labute approximate surface area is 61.9 Å². The van der Waals surface area contributed by atoms with Gasteiger partial charge >= 0.3 is 0 Å². The zero-order chi connectivity index (χ0) is 7.61. The van der Waals surface area contributed by atoms with E-state index in [4.69, 9.17) is 0 Å². The van der Waals surface area contributed by atoms with E-state index >= 15 is 0 Å². The van der Waals surface area contributed by atoms with E-state index in [1.54, 1.807) is 13.8 Å². The molecule has 1 heteroatoms. The summed E-state index contributed by atoms with van der Waals surface area (Å²) in [5.41, 5.74) is 9.74. The van der Waals surface area contributed by atoms with E-state index < -0.39 is 5.54 Å². The molecule has 0 atom stereocenters. The number of hydrogen-bond acceptors (Lipinski definition) is 0. The van der Waals surface area contributed by atoms with Crippen LogP contribution in [0.1, 0.15) is 19.4 Å². The molecule has 0 spiro atoms. The van der Waals surface area contributed by atoms with Gasteiger partial charge in [-0.15, -0.1) is 5.73 Å². The molecular weight excluding hydrogens is 122 g/mol. The molecule has 0 aliphatic heterocycles. The van der Waals surface area contributed by atoms with Crippen LogP contribution < -0.4 is 5.73 Å². The molecule has 0 heterocycles. The van der Waals surface area contributed by atoms with E-state index in [1.807, 2.05) is 30.3 Å². The molecular formula is C9H11N. The highest BCUT2D eigenvalue weighted by Crippen LogP contribution is 2.16. The van der Waals surface area contributed by atoms with Gasteiger partial charge in [0, 0.05) is 0 Å². The molecule has 0 amide bonds. The van der Waals surface area contributed by atoms with Gasteiger partial charge in [0.15, 0.2) is 0 Å². The molecule has 1 rings (SSSR count). The van der Waals surface area contributed by atoms with Crippen molar-refractivity contribution < 1.29 is 0 Å². The first kappa shape index (κ1) is 7.29. The molecule has 0 fully saturated rings. The smallest absolute Gasteiger partial charge is 0.0736 e. The minimum Gasteiger partial charge on any atom is -0.133 e. The monoisotopic (exact) mass is 133 g/mol. The summed E-state index contributed by atoms with van der Waals surface area (Å²) in [6, 6.07) is 9.62. The van der Waals surface area contributed by atoms with Crippen LogP contribution >= 0.6 is 0 Å². The van der Waals surface area contributed by atoms with Gasteiger partial charge in [0.25, 0.3) is 0 Å². The highest BCUT2D eigenvalue weighted by Gasteiger charge is 2.14. The molecule has 0 aliphatic carbocycles. The fourth-order valence-corrected chi connectivity index (χ4v) is 0.846. The van der Waals surface area contributed by atoms with Crippen LogP contribution in [0.5, 0.6) is 0 Å². The normalized spacial score (nSPS) is 11.5. The van der Waals surface area contributed by atoms with Gasteiger partial charge in [-0.3, -0.25) is 0 Å². The van der Waals surface area contributed by atoms with Gasteiger partial charge in [-0.25, -0.2) is 0 Å². The van der Waals surface area contributed by atoms with Gasteiger partial charge in [0.05, 0.1) is 5.54 Å². The maximum Gasteiger partial charge on any atom is 0.0736 e. The summed E-state index contributed by atoms with van der Waals surface area (Å²) < 4.78 is 0. The highest BCUT2D eigenvalue weighted by molar-refractivity contribution is 5.21. The van der Waals surface area contributed by atoms with Crippen LogP contribution in [-0.4, -0.2) is 0 Å². The van der Waals surface area contributed by atoms with Gasteiger partial charge in [-0.2, -0.15) is 0 Å². The molecule has 1 aromatic rings. The summed E-state index contributed by atoms with van der Waals surface area (Å²) in [6.45, 7) is 3.56. The van der Waals surface area contributed by atoms with Crippen molar-refractivity contribution in [1.82, 2.24) is 5.73 Å². The van der Waals surface area contributed by atoms with E-state index in [9.17, 15) is 5.73 Å². The molecule has 1 aromatic carbocycles. The zero-order valence-corrected chi connectivity index (χ0v) is 6.33. The van der Waals surface area contributed by atoms with Gasteiger partial charge in [0.2, 0.25) is 0 Å². The molecule has 1 nitrogen and oxygen atoms in total. The fourth-order valence-electron chi connectivity index (χ4n) is 0.846. The van der Waals surface area contributed by atoms with Gasteiger partial charge in [-0.1, -0.05) is 30.3 Å². The van der Waals surface area contributed by atoms with Crippen LogP contribution in [0.2, 0.25) is 0 Å². The summed E-state index contributed by atoms with van der Waals surface area (Å²) in [4.78, 5) is 0. The van der Waals surface area contributed by atoms with Crippen molar-refractivity contribution in [3.05, 3.63) is 35.9 Å². The molecule has 0 saturated carbocycles. The van der Waals surface area contributed by atoms with Crippen molar-refractivity contribution in [2.24, 2.45) is 0 Å². The number of hydrogen-bond donors (Lipinski definition) is 0. The van der Waals surface area contributed by atoms with Crippen molar-refractivity contribution in [3.8, 4) is 0 Å². The van der Waals surface area contributed by atoms with Crippen molar-refractivity contribution >= 4 is 0 Å². The number of nitrogens with zero attached hydrogens (tertiary/aromatic N) is 1. The Morgan fingerprint density at radius 3 is 1.90 bits per heavy atom. The summed E-state index contributed by atoms with van der Waals surface area (Å²) in [5.74, 6) is 0. The van der Waals surface area contributed by atoms with Crippen LogP contribution in [0.3, 0.4) is 0 Å². The van der Waals surface area contributed by atoms with E-state index in [0.29, 0.717) is 0 Å². The third kappa shape index (κ3) is 1.58. The van der Waals surface area contributed by atoms with Crippen LogP contribution in [0.4, 0.5) is 0 Å². The molecule has 0 unspecified atom stereocenters. The van der Waals surface area contributed by atoms with Crippen LogP contribution in [0.15, 0.2) is 30.3 Å². The minimum absolute atomic E-state index is 0.707. The molecule has 10 heavy (non-hydrogen) atoms. The van der Waals surface area contributed by atoms with Crippen molar-refractivity contribution in [3.63, 3.8) is 0 Å². The molecule has 0 saturated heterocycles. The number of rotatable bonds is 1. The van der Waals surface area contributed by atoms with Crippen LogP contribution in [0.25, 0.3) is 0 Å². The maximum atomic E-state index is 9.49. The topological polar surface area (TPSA) is 22.3 Å². The highest BCUT2D eigenvalue weighted by atomic mass is 14.7. The lowest BCUT2D eigenvalue weighted by Gasteiger charge is -2.14. The quantitative estimate of drug-likeness (QED) is 0.559. The standard InChI is InChI=1S/C9H11N/c1-9(2,10)8-6-4-3-5-7-8/h3-7H,1-2H3. The summed E-state index contributed by atoms with van der Waals surface area (Å²) >= 11 is 0. The first-order chi connectivity index (χ1) is 4.61. The first-order valence-corrected chi connectivity index (χ1v) is 3.38. The molecule has 52 valence electrons. The first-order valence-electron chi connectivity index (χ1n) is 3.38. The van der Waals surface area contributed by atoms with Gasteiger partial charge < -0.3 is 0 Å². The van der Waals surface area contributed by atoms with Crippen molar-refractivity contribution in [1.29, 1.82) is 0 Å². The second-order valence-corrected chi connectivity index (χ2v) is 2.93. The SMILES string of the molecule is CC(C)([N])c1ccccc1. The molecule has 0 aliphatic rings. The van der Waals surface area contributed by atoms with Crippen LogP contribution in [0, 0.1) is 0 Å². The average Bonchev–Trinajstić information content (AvgIpc) is 1.88. The molecule has 2 radical (unpaired) electrons. The summed E-state index contributed by atoms with van der Waals surface area (Å²) in [7, 11) is 0. The van der Waals surface area contributed by atoms with E-state index in [2.05, 4.69) is 0 Å². The summed E-state index contributed by atoms with van der Waals surface area (Å²) in [6.07, 6.45) is 0. The van der Waals surface area contributed by atoms with Crippen LogP contribution in [-0.2, 0) is 5.54 Å². The Balaban J connectivity index is 2.97. The van der Waals surface area contributed by atoms with Crippen molar-refractivity contribution in [2.75, 3.05) is 0 Å². The largest absolute Gasteiger partial charge is 0.133 e. The average molecular weight is 133 g/mol. The third-order valence-corrected chi connectivity index (χ3v) is 1.48. The van der Waals surface area contributed by atoms with Gasteiger partial charge in [0.1, 0.15) is 0 Å². The number of benzene rings is 1. The molecule has 0 aromatic heterocycles. The Bertz CT molecular complexity index is 196. The van der Waals surface area contributed by atoms with E-state index in [1.165, 1.54) is 0 Å².